The van der Waals surface area contributed by atoms with E-state index in [1.54, 1.807) is 11.0 Å². The number of benzene rings is 1. The molecule has 0 unspecified atom stereocenters. The van der Waals surface area contributed by atoms with E-state index in [4.69, 9.17) is 21.7 Å². The Kier molecular flexibility index (Phi) is 6.82. The fourth-order valence-corrected chi connectivity index (χ4v) is 2.71. The van der Waals surface area contributed by atoms with Gasteiger partial charge in [0.25, 0.3) is 5.91 Å². The number of carbonyl (C=O) groups excluding carboxylic acids is 1. The number of nitrogens with one attached hydrogen (secondary N) is 1. The Labute approximate surface area is 155 Å². The summed E-state index contributed by atoms with van der Waals surface area (Å²) in [6, 6.07) is 5.67. The van der Waals surface area contributed by atoms with Gasteiger partial charge in [-0.15, -0.1) is 0 Å². The van der Waals surface area contributed by atoms with Gasteiger partial charge in [0.05, 0.1) is 13.2 Å². The van der Waals surface area contributed by atoms with Crippen LogP contribution >= 0.6 is 12.2 Å². The molecule has 0 atom stereocenters. The first-order valence-electron chi connectivity index (χ1n) is 8.70. The lowest BCUT2D eigenvalue weighted by molar-refractivity contribution is -0.122. The summed E-state index contributed by atoms with van der Waals surface area (Å²) in [4.78, 5) is 14.0. The summed E-state index contributed by atoms with van der Waals surface area (Å²) in [5, 5.41) is 3.45. The smallest absolute Gasteiger partial charge is 0.276 e. The molecule has 1 aliphatic heterocycles. The van der Waals surface area contributed by atoms with Crippen LogP contribution in [-0.2, 0) is 4.79 Å². The molecule has 1 heterocycles. The average molecular weight is 362 g/mol. The molecule has 0 aliphatic carbocycles. The summed E-state index contributed by atoms with van der Waals surface area (Å²) in [7, 11) is 0. The zero-order chi connectivity index (χ0) is 18.4. The van der Waals surface area contributed by atoms with Crippen LogP contribution in [0.5, 0.6) is 11.5 Å². The van der Waals surface area contributed by atoms with Gasteiger partial charge in [0.15, 0.2) is 16.6 Å². The molecule has 0 aromatic heterocycles. The maximum atomic E-state index is 12.4. The molecule has 0 spiro atoms. The van der Waals surface area contributed by atoms with Crippen LogP contribution < -0.4 is 14.8 Å². The number of amides is 1. The molecule has 0 bridgehead atoms. The van der Waals surface area contributed by atoms with Gasteiger partial charge in [-0.05, 0) is 55.3 Å². The number of rotatable bonds is 8. The molecule has 0 radical (unpaired) electrons. The third kappa shape index (κ3) is 4.95. The zero-order valence-electron chi connectivity index (χ0n) is 15.3. The van der Waals surface area contributed by atoms with E-state index in [2.05, 4.69) is 19.2 Å². The predicted octanol–water partition coefficient (Wildman–Crippen LogP) is 3.59. The van der Waals surface area contributed by atoms with Crippen LogP contribution in [0.25, 0.3) is 6.08 Å². The predicted molar refractivity (Wildman–Crippen MR) is 104 cm³/mol. The normalized spacial score (nSPS) is 15.9. The number of thiocarbonyl (C=S) groups is 1. The van der Waals surface area contributed by atoms with E-state index in [1.165, 1.54) is 0 Å². The topological polar surface area (TPSA) is 50.8 Å². The molecule has 0 saturated carbocycles. The van der Waals surface area contributed by atoms with Crippen LogP contribution in [0.4, 0.5) is 0 Å². The van der Waals surface area contributed by atoms with E-state index >= 15 is 0 Å². The Morgan fingerprint density at radius 2 is 2.00 bits per heavy atom. The molecule has 25 heavy (non-hydrogen) atoms. The van der Waals surface area contributed by atoms with Gasteiger partial charge in [0.2, 0.25) is 0 Å². The highest BCUT2D eigenvalue weighted by Crippen LogP contribution is 2.30. The fraction of sp³-hybridized carbons (Fsp3) is 0.474. The number of ether oxygens (including phenoxy) is 2. The minimum absolute atomic E-state index is 0.0926. The largest absolute Gasteiger partial charge is 0.490 e. The van der Waals surface area contributed by atoms with Crippen molar-refractivity contribution in [1.82, 2.24) is 10.2 Å². The second-order valence-electron chi connectivity index (χ2n) is 6.29. The van der Waals surface area contributed by atoms with Gasteiger partial charge >= 0.3 is 0 Å². The number of carbonyl (C=O) groups is 1. The molecular formula is C19H26N2O3S. The van der Waals surface area contributed by atoms with Gasteiger partial charge in [-0.25, -0.2) is 0 Å². The Bertz CT molecular complexity index is 671. The van der Waals surface area contributed by atoms with Crippen molar-refractivity contribution in [3.05, 3.63) is 29.5 Å². The van der Waals surface area contributed by atoms with Gasteiger partial charge in [-0.3, -0.25) is 9.69 Å². The first-order valence-corrected chi connectivity index (χ1v) is 9.11. The Morgan fingerprint density at radius 3 is 2.64 bits per heavy atom. The first-order chi connectivity index (χ1) is 12.0. The van der Waals surface area contributed by atoms with E-state index in [0.717, 1.165) is 12.0 Å². The minimum Gasteiger partial charge on any atom is -0.490 e. The summed E-state index contributed by atoms with van der Waals surface area (Å²) in [5.74, 6) is 1.73. The van der Waals surface area contributed by atoms with Gasteiger partial charge in [0.1, 0.15) is 5.70 Å². The molecule has 1 N–H and O–H groups in total. The van der Waals surface area contributed by atoms with Crippen molar-refractivity contribution in [3.8, 4) is 11.5 Å². The van der Waals surface area contributed by atoms with Crippen LogP contribution in [0.15, 0.2) is 23.9 Å². The van der Waals surface area contributed by atoms with Crippen LogP contribution in [0.2, 0.25) is 0 Å². The van der Waals surface area contributed by atoms with Crippen molar-refractivity contribution in [2.75, 3.05) is 19.8 Å². The molecule has 1 aliphatic rings. The average Bonchev–Trinajstić information content (AvgIpc) is 2.82. The SMILES string of the molecule is CCCN1C(=O)/C(=C/c2ccc(OCC(C)C)c(OCC)c2)NC1=S. The minimum atomic E-state index is -0.0926. The Hall–Kier alpha value is -2.08. The first kappa shape index (κ1) is 19.2. The molecule has 6 heteroatoms. The molecule has 5 nitrogen and oxygen atoms in total. The molecule has 1 fully saturated rings. The summed E-state index contributed by atoms with van der Waals surface area (Å²) < 4.78 is 11.5. The molecule has 1 saturated heterocycles. The van der Waals surface area contributed by atoms with E-state index in [9.17, 15) is 4.79 Å². The summed E-state index contributed by atoms with van der Waals surface area (Å²) in [6.07, 6.45) is 2.65. The molecular weight excluding hydrogens is 336 g/mol. The Morgan fingerprint density at radius 1 is 1.24 bits per heavy atom. The van der Waals surface area contributed by atoms with Crippen molar-refractivity contribution >= 4 is 29.3 Å². The van der Waals surface area contributed by atoms with Gasteiger partial charge in [-0.1, -0.05) is 26.8 Å². The molecule has 1 aromatic rings. The van der Waals surface area contributed by atoms with E-state index in [1.807, 2.05) is 32.0 Å². The maximum Gasteiger partial charge on any atom is 0.276 e. The van der Waals surface area contributed by atoms with Crippen molar-refractivity contribution < 1.29 is 14.3 Å². The number of hydrogen-bond acceptors (Lipinski definition) is 4. The third-order valence-corrected chi connectivity index (χ3v) is 3.88. The summed E-state index contributed by atoms with van der Waals surface area (Å²) in [5.41, 5.74) is 1.34. The number of hydrogen-bond donors (Lipinski definition) is 1. The summed E-state index contributed by atoms with van der Waals surface area (Å²) in [6.45, 7) is 9.93. The van der Waals surface area contributed by atoms with Crippen LogP contribution in [-0.4, -0.2) is 35.7 Å². The lowest BCUT2D eigenvalue weighted by atomic mass is 10.1. The highest BCUT2D eigenvalue weighted by Gasteiger charge is 2.29. The maximum absolute atomic E-state index is 12.4. The molecule has 136 valence electrons. The molecule has 1 amide bonds. The third-order valence-electron chi connectivity index (χ3n) is 3.56. The molecule has 1 aromatic carbocycles. The van der Waals surface area contributed by atoms with Crippen LogP contribution in [0.3, 0.4) is 0 Å². The van der Waals surface area contributed by atoms with Gasteiger partial charge in [-0.2, -0.15) is 0 Å². The second kappa shape index (κ2) is 8.85. The van der Waals surface area contributed by atoms with E-state index in [0.29, 0.717) is 48.0 Å². The second-order valence-corrected chi connectivity index (χ2v) is 6.68. The van der Waals surface area contributed by atoms with Gasteiger partial charge < -0.3 is 14.8 Å². The summed E-state index contributed by atoms with van der Waals surface area (Å²) >= 11 is 5.23. The Balaban J connectivity index is 2.23. The molecule has 2 rings (SSSR count). The zero-order valence-corrected chi connectivity index (χ0v) is 16.1. The van der Waals surface area contributed by atoms with Crippen molar-refractivity contribution in [2.45, 2.75) is 34.1 Å². The number of nitrogens with zero attached hydrogens (tertiary/aromatic N) is 1. The standard InChI is InChI=1S/C19H26N2O3S/c1-5-9-21-18(22)15(20-19(21)25)10-14-7-8-16(24-12-13(3)4)17(11-14)23-6-2/h7-8,10-11,13H,5-6,9,12H2,1-4H3,(H,20,25)/b15-10-. The fourth-order valence-electron chi connectivity index (χ4n) is 2.42. The van der Waals surface area contributed by atoms with Crippen LogP contribution in [0.1, 0.15) is 39.7 Å². The van der Waals surface area contributed by atoms with Gasteiger partial charge in [0, 0.05) is 6.54 Å². The highest BCUT2D eigenvalue weighted by atomic mass is 32.1. The van der Waals surface area contributed by atoms with E-state index < -0.39 is 0 Å². The van der Waals surface area contributed by atoms with Crippen molar-refractivity contribution in [3.63, 3.8) is 0 Å². The quantitative estimate of drug-likeness (QED) is 0.566. The highest BCUT2D eigenvalue weighted by molar-refractivity contribution is 7.80. The monoisotopic (exact) mass is 362 g/mol. The lowest BCUT2D eigenvalue weighted by Crippen LogP contribution is -2.31. The van der Waals surface area contributed by atoms with E-state index in [-0.39, 0.29) is 5.91 Å². The van der Waals surface area contributed by atoms with Crippen molar-refractivity contribution in [1.29, 1.82) is 0 Å². The van der Waals surface area contributed by atoms with Crippen LogP contribution in [0, 0.1) is 5.92 Å². The lowest BCUT2D eigenvalue weighted by Gasteiger charge is -2.14. The van der Waals surface area contributed by atoms with Crippen molar-refractivity contribution in [2.24, 2.45) is 5.92 Å².